The van der Waals surface area contributed by atoms with Crippen LogP contribution in [-0.2, 0) is 0 Å². The highest BCUT2D eigenvalue weighted by Crippen LogP contribution is 2.39. The molecule has 0 unspecified atom stereocenters. The van der Waals surface area contributed by atoms with E-state index in [4.69, 9.17) is 12.2 Å². The van der Waals surface area contributed by atoms with E-state index in [0.29, 0.717) is 16.2 Å². The topological polar surface area (TPSA) is 37.8 Å². The number of hydrogen-bond donors (Lipinski definition) is 1. The summed E-state index contributed by atoms with van der Waals surface area (Å²) in [5.74, 6) is 0. The molecule has 0 aromatic carbocycles. The predicted molar refractivity (Wildman–Crippen MR) is 67.2 cm³/mol. The Hall–Kier alpha value is -0.900. The summed E-state index contributed by atoms with van der Waals surface area (Å²) in [5.41, 5.74) is 0.346. The molecule has 3 nitrogen and oxygen atoms in total. The molecule has 1 heterocycles. The third kappa shape index (κ3) is 2.43. The second kappa shape index (κ2) is 4.17. The van der Waals surface area contributed by atoms with Gasteiger partial charge < -0.3 is 4.57 Å². The van der Waals surface area contributed by atoms with Crippen LogP contribution in [0.1, 0.15) is 45.6 Å². The molecule has 2 rings (SSSR count). The summed E-state index contributed by atoms with van der Waals surface area (Å²) in [7, 11) is 0. The van der Waals surface area contributed by atoms with E-state index < -0.39 is 0 Å². The monoisotopic (exact) mass is 238 g/mol. The second-order valence-electron chi connectivity index (χ2n) is 5.41. The summed E-state index contributed by atoms with van der Waals surface area (Å²) in [5, 5.41) is 0. The molecule has 88 valence electrons. The number of aromatic nitrogens is 2. The smallest absolute Gasteiger partial charge is 0.251 e. The number of nitrogens with zero attached hydrogens (tertiary/aromatic N) is 1. The number of H-pyrrole nitrogens is 1. The first-order valence-electron chi connectivity index (χ1n) is 5.79. The van der Waals surface area contributed by atoms with Crippen molar-refractivity contribution in [3.05, 3.63) is 27.4 Å². The van der Waals surface area contributed by atoms with E-state index in [0.717, 1.165) is 12.8 Å². The van der Waals surface area contributed by atoms with Gasteiger partial charge in [-0.3, -0.25) is 9.78 Å². The average Bonchev–Trinajstić information content (AvgIpc) is 2.19. The fraction of sp³-hybridized carbons (Fsp3) is 0.667. The molecule has 1 fully saturated rings. The Labute approximate surface area is 101 Å². The van der Waals surface area contributed by atoms with Crippen molar-refractivity contribution in [2.75, 3.05) is 0 Å². The normalized spacial score (nSPS) is 20.9. The Balaban J connectivity index is 2.21. The minimum Gasteiger partial charge on any atom is -0.322 e. The third-order valence-electron chi connectivity index (χ3n) is 3.55. The third-order valence-corrected chi connectivity index (χ3v) is 3.87. The molecule has 4 heteroatoms. The standard InChI is InChI=1S/C12H18N2OS/c1-12(2)6-3-9(4-7-12)14-8-5-10(15)13-11(14)16/h5,8-9H,3-4,6-7H2,1-2H3,(H,13,15,16). The van der Waals surface area contributed by atoms with Crippen molar-refractivity contribution < 1.29 is 0 Å². The van der Waals surface area contributed by atoms with E-state index in [1.807, 2.05) is 10.8 Å². The first kappa shape index (κ1) is 11.6. The van der Waals surface area contributed by atoms with Crippen LogP contribution in [0.4, 0.5) is 0 Å². The predicted octanol–water partition coefficient (Wildman–Crippen LogP) is 3.05. The summed E-state index contributed by atoms with van der Waals surface area (Å²) >= 11 is 5.18. The molecule has 0 radical (unpaired) electrons. The van der Waals surface area contributed by atoms with Crippen LogP contribution in [0.3, 0.4) is 0 Å². The zero-order valence-electron chi connectivity index (χ0n) is 9.82. The van der Waals surface area contributed by atoms with Crippen LogP contribution in [0, 0.1) is 10.2 Å². The number of hydrogen-bond acceptors (Lipinski definition) is 2. The molecule has 1 aliphatic carbocycles. The molecule has 0 spiro atoms. The zero-order chi connectivity index (χ0) is 11.8. The van der Waals surface area contributed by atoms with Crippen molar-refractivity contribution in [3.8, 4) is 0 Å². The van der Waals surface area contributed by atoms with Crippen LogP contribution in [-0.4, -0.2) is 9.55 Å². The fourth-order valence-electron chi connectivity index (χ4n) is 2.38. The summed E-state index contributed by atoms with van der Waals surface area (Å²) < 4.78 is 2.59. The zero-order valence-corrected chi connectivity index (χ0v) is 10.6. The van der Waals surface area contributed by atoms with Gasteiger partial charge in [-0.25, -0.2) is 0 Å². The van der Waals surface area contributed by atoms with Crippen molar-refractivity contribution in [1.82, 2.24) is 9.55 Å². The molecular weight excluding hydrogens is 220 g/mol. The maximum Gasteiger partial charge on any atom is 0.251 e. The van der Waals surface area contributed by atoms with Crippen LogP contribution in [0.15, 0.2) is 17.1 Å². The summed E-state index contributed by atoms with van der Waals surface area (Å²) in [4.78, 5) is 13.8. The molecule has 1 N–H and O–H groups in total. The largest absolute Gasteiger partial charge is 0.322 e. The fourth-order valence-corrected chi connectivity index (χ4v) is 2.69. The van der Waals surface area contributed by atoms with Crippen LogP contribution in [0.2, 0.25) is 0 Å². The number of nitrogens with one attached hydrogen (secondary N) is 1. The van der Waals surface area contributed by atoms with Crippen LogP contribution in [0.5, 0.6) is 0 Å². The minimum absolute atomic E-state index is 0.114. The van der Waals surface area contributed by atoms with Gasteiger partial charge in [-0.15, -0.1) is 0 Å². The van der Waals surface area contributed by atoms with Gasteiger partial charge in [0.15, 0.2) is 4.77 Å². The van der Waals surface area contributed by atoms with Crippen molar-refractivity contribution in [2.24, 2.45) is 5.41 Å². The summed E-state index contributed by atoms with van der Waals surface area (Å²) in [6.45, 7) is 4.63. The van der Waals surface area contributed by atoms with Gasteiger partial charge in [-0.2, -0.15) is 0 Å². The van der Waals surface area contributed by atoms with Gasteiger partial charge in [0.1, 0.15) is 0 Å². The molecule has 1 aromatic rings. The number of aromatic amines is 1. The van der Waals surface area contributed by atoms with Gasteiger partial charge in [-0.1, -0.05) is 13.8 Å². The van der Waals surface area contributed by atoms with E-state index in [9.17, 15) is 4.79 Å². The van der Waals surface area contributed by atoms with Gasteiger partial charge >= 0.3 is 0 Å². The average molecular weight is 238 g/mol. The molecule has 1 aromatic heterocycles. The lowest BCUT2D eigenvalue weighted by atomic mass is 9.75. The molecular formula is C12H18N2OS. The van der Waals surface area contributed by atoms with Gasteiger partial charge in [0.05, 0.1) is 0 Å². The van der Waals surface area contributed by atoms with Crippen molar-refractivity contribution in [3.63, 3.8) is 0 Å². The van der Waals surface area contributed by atoms with E-state index >= 15 is 0 Å². The van der Waals surface area contributed by atoms with E-state index in [-0.39, 0.29) is 5.56 Å². The van der Waals surface area contributed by atoms with Crippen LogP contribution >= 0.6 is 12.2 Å². The maximum atomic E-state index is 11.1. The highest BCUT2D eigenvalue weighted by atomic mass is 32.1. The molecule has 1 aliphatic rings. The molecule has 0 atom stereocenters. The highest BCUT2D eigenvalue weighted by molar-refractivity contribution is 7.71. The highest BCUT2D eigenvalue weighted by Gasteiger charge is 2.27. The van der Waals surface area contributed by atoms with Gasteiger partial charge in [0.2, 0.25) is 0 Å². The summed E-state index contributed by atoms with van der Waals surface area (Å²) in [6.07, 6.45) is 6.56. The van der Waals surface area contributed by atoms with Crippen molar-refractivity contribution in [1.29, 1.82) is 0 Å². The Morgan fingerprint density at radius 3 is 2.62 bits per heavy atom. The lowest BCUT2D eigenvalue weighted by Crippen LogP contribution is -2.25. The van der Waals surface area contributed by atoms with Crippen LogP contribution in [0.25, 0.3) is 0 Å². The van der Waals surface area contributed by atoms with Gasteiger partial charge in [-0.05, 0) is 43.3 Å². The summed E-state index contributed by atoms with van der Waals surface area (Å²) in [6, 6.07) is 2.01. The molecule has 0 bridgehead atoms. The molecule has 0 saturated heterocycles. The Bertz CT molecular complexity index is 476. The SMILES string of the molecule is CC1(C)CCC(n2ccc(=O)[nH]c2=S)CC1. The van der Waals surface area contributed by atoms with E-state index in [1.54, 1.807) is 6.07 Å². The molecule has 1 saturated carbocycles. The lowest BCUT2D eigenvalue weighted by Gasteiger charge is -2.35. The Morgan fingerprint density at radius 2 is 2.06 bits per heavy atom. The van der Waals surface area contributed by atoms with Gasteiger partial charge in [0.25, 0.3) is 5.56 Å². The Morgan fingerprint density at radius 1 is 1.44 bits per heavy atom. The van der Waals surface area contributed by atoms with Crippen molar-refractivity contribution >= 4 is 12.2 Å². The van der Waals surface area contributed by atoms with Crippen molar-refractivity contribution in [2.45, 2.75) is 45.6 Å². The van der Waals surface area contributed by atoms with E-state index in [1.165, 1.54) is 12.8 Å². The van der Waals surface area contributed by atoms with Gasteiger partial charge in [0, 0.05) is 18.3 Å². The molecule has 0 amide bonds. The van der Waals surface area contributed by atoms with E-state index in [2.05, 4.69) is 18.8 Å². The van der Waals surface area contributed by atoms with Crippen LogP contribution < -0.4 is 5.56 Å². The molecule has 0 aliphatic heterocycles. The lowest BCUT2D eigenvalue weighted by molar-refractivity contribution is 0.191. The maximum absolute atomic E-state index is 11.1. The number of rotatable bonds is 1. The minimum atomic E-state index is -0.114. The molecule has 16 heavy (non-hydrogen) atoms. The Kier molecular flexibility index (Phi) is 3.02. The first-order valence-corrected chi connectivity index (χ1v) is 6.20. The second-order valence-corrected chi connectivity index (χ2v) is 5.80. The first-order chi connectivity index (χ1) is 7.48. The quantitative estimate of drug-likeness (QED) is 0.764.